The number of hydrogen-bond acceptors (Lipinski definition) is 4. The molecule has 0 unspecified atom stereocenters. The lowest BCUT2D eigenvalue weighted by molar-refractivity contribution is 0.00578. The molecule has 1 saturated heterocycles. The topological polar surface area (TPSA) is 47.9 Å². The third-order valence-corrected chi connectivity index (χ3v) is 6.94. The van der Waals surface area contributed by atoms with Crippen molar-refractivity contribution in [2.45, 2.75) is 52.7 Å². The molecule has 0 aromatic heterocycles. The van der Waals surface area contributed by atoms with Crippen LogP contribution in [-0.2, 0) is 19.0 Å². The maximum Gasteiger partial charge on any atom is 0.497 e. The van der Waals surface area contributed by atoms with Gasteiger partial charge in [-0.3, -0.25) is 0 Å². The lowest BCUT2D eigenvalue weighted by atomic mass is 9.78. The van der Waals surface area contributed by atoms with Crippen LogP contribution in [0.15, 0.2) is 28.6 Å². The van der Waals surface area contributed by atoms with Gasteiger partial charge in [0.15, 0.2) is 0 Å². The molecule has 0 radical (unpaired) electrons. The van der Waals surface area contributed by atoms with Crippen molar-refractivity contribution in [2.24, 2.45) is 4.36 Å². The molecule has 1 aliphatic rings. The predicted octanol–water partition coefficient (Wildman–Crippen LogP) is 3.13. The fourth-order valence-electron chi connectivity index (χ4n) is 2.25. The van der Waals surface area contributed by atoms with Crippen LogP contribution in [-0.4, -0.2) is 34.0 Å². The Morgan fingerprint density at radius 2 is 1.55 bits per heavy atom. The van der Waals surface area contributed by atoms with E-state index in [0.29, 0.717) is 17.2 Å². The van der Waals surface area contributed by atoms with Crippen LogP contribution in [0.2, 0.25) is 0 Å². The molecule has 1 fully saturated rings. The molecule has 0 saturated carbocycles. The van der Waals surface area contributed by atoms with Crippen molar-refractivity contribution in [3.63, 3.8) is 0 Å². The molecule has 22 heavy (non-hydrogen) atoms. The van der Waals surface area contributed by atoms with Crippen molar-refractivity contribution in [3.05, 3.63) is 24.3 Å². The molecule has 0 N–H and O–H groups in total. The lowest BCUT2D eigenvalue weighted by Crippen LogP contribution is -2.41. The Balaban J connectivity index is 2.46. The first kappa shape index (κ1) is 17.5. The van der Waals surface area contributed by atoms with Crippen LogP contribution in [0.4, 0.5) is 5.69 Å². The zero-order valence-corrected chi connectivity index (χ0v) is 15.2. The third kappa shape index (κ3) is 3.24. The fraction of sp³-hybridized carbons (Fsp3) is 0.625. The second kappa shape index (κ2) is 5.98. The third-order valence-electron chi connectivity index (χ3n) is 4.61. The monoisotopic (exact) mass is 323 g/mol. The van der Waals surface area contributed by atoms with Crippen LogP contribution in [0.25, 0.3) is 0 Å². The van der Waals surface area contributed by atoms with Gasteiger partial charge in [-0.25, -0.2) is 4.21 Å². The SMILES string of the molecule is CCS(=O)(CC)=Nc1ccccc1B1OC(C)(C)C(C)(C)O1. The molecule has 4 nitrogen and oxygen atoms in total. The Morgan fingerprint density at radius 1 is 1.05 bits per heavy atom. The maximum absolute atomic E-state index is 12.7. The highest BCUT2D eigenvalue weighted by molar-refractivity contribution is 7.93. The molecular formula is C16H26BNO3S. The average Bonchev–Trinajstić information content (AvgIpc) is 2.67. The normalized spacial score (nSPS) is 20.2. The highest BCUT2D eigenvalue weighted by Gasteiger charge is 2.52. The lowest BCUT2D eigenvalue weighted by Gasteiger charge is -2.32. The summed E-state index contributed by atoms with van der Waals surface area (Å²) in [6, 6.07) is 7.65. The van der Waals surface area contributed by atoms with E-state index >= 15 is 0 Å². The summed E-state index contributed by atoms with van der Waals surface area (Å²) in [5, 5.41) is 0. The molecule has 0 amide bonds. The van der Waals surface area contributed by atoms with Gasteiger partial charge in [0, 0.05) is 17.0 Å². The Labute approximate surface area is 134 Å². The quantitative estimate of drug-likeness (QED) is 0.800. The van der Waals surface area contributed by atoms with Gasteiger partial charge in [0.2, 0.25) is 0 Å². The minimum atomic E-state index is -2.21. The summed E-state index contributed by atoms with van der Waals surface area (Å²) in [6.07, 6.45) is 0. The molecule has 122 valence electrons. The van der Waals surface area contributed by atoms with Crippen LogP contribution in [0, 0.1) is 0 Å². The van der Waals surface area contributed by atoms with E-state index in [0.717, 1.165) is 5.46 Å². The maximum atomic E-state index is 12.7. The summed E-state index contributed by atoms with van der Waals surface area (Å²) in [7, 11) is -2.70. The zero-order valence-electron chi connectivity index (χ0n) is 14.4. The van der Waals surface area contributed by atoms with E-state index < -0.39 is 28.0 Å². The molecule has 0 bridgehead atoms. The minimum Gasteiger partial charge on any atom is -0.399 e. The highest BCUT2D eigenvalue weighted by atomic mass is 32.2. The van der Waals surface area contributed by atoms with E-state index in [-0.39, 0.29) is 0 Å². The van der Waals surface area contributed by atoms with Crippen molar-refractivity contribution in [3.8, 4) is 0 Å². The number of benzene rings is 1. The van der Waals surface area contributed by atoms with E-state index in [1.165, 1.54) is 0 Å². The Morgan fingerprint density at radius 3 is 2.05 bits per heavy atom. The Kier molecular flexibility index (Phi) is 4.76. The molecule has 1 aromatic carbocycles. The molecule has 6 heteroatoms. The molecule has 1 heterocycles. The van der Waals surface area contributed by atoms with Crippen molar-refractivity contribution >= 4 is 28.0 Å². The molecule has 0 atom stereocenters. The number of hydrogen-bond donors (Lipinski definition) is 0. The van der Waals surface area contributed by atoms with Gasteiger partial charge in [0.25, 0.3) is 0 Å². The highest BCUT2D eigenvalue weighted by Crippen LogP contribution is 2.37. The Hall–Kier alpha value is -0.845. The van der Waals surface area contributed by atoms with E-state index in [1.807, 2.05) is 65.8 Å². The van der Waals surface area contributed by atoms with Crippen LogP contribution >= 0.6 is 0 Å². The average molecular weight is 323 g/mol. The van der Waals surface area contributed by atoms with Crippen LogP contribution in [0.1, 0.15) is 41.5 Å². The van der Waals surface area contributed by atoms with E-state index in [2.05, 4.69) is 4.36 Å². The molecule has 2 rings (SSSR count). The van der Waals surface area contributed by atoms with Crippen molar-refractivity contribution in [2.75, 3.05) is 11.5 Å². The largest absolute Gasteiger partial charge is 0.497 e. The first-order valence-electron chi connectivity index (χ1n) is 7.81. The van der Waals surface area contributed by atoms with Crippen molar-refractivity contribution in [1.29, 1.82) is 0 Å². The van der Waals surface area contributed by atoms with Gasteiger partial charge in [0.1, 0.15) is 0 Å². The molecule has 0 aliphatic carbocycles. The van der Waals surface area contributed by atoms with Crippen LogP contribution < -0.4 is 5.46 Å². The molecule has 1 aliphatic heterocycles. The standard InChI is InChI=1S/C16H26BNO3S/c1-7-22(19,8-2)18-14-12-10-9-11-13(14)17-20-15(3,4)16(5,6)21-17/h9-12H,7-8H2,1-6H3. The van der Waals surface area contributed by atoms with Gasteiger partial charge in [-0.2, -0.15) is 4.36 Å². The first-order chi connectivity index (χ1) is 10.1. The second-order valence-electron chi connectivity index (χ2n) is 6.59. The zero-order chi connectivity index (χ0) is 16.6. The summed E-state index contributed by atoms with van der Waals surface area (Å²) in [5.74, 6) is 1.09. The fourth-order valence-corrected chi connectivity index (χ4v) is 3.44. The summed E-state index contributed by atoms with van der Waals surface area (Å²) in [5.41, 5.74) is 0.745. The van der Waals surface area contributed by atoms with Gasteiger partial charge in [-0.05, 0) is 33.8 Å². The summed E-state index contributed by atoms with van der Waals surface area (Å²) >= 11 is 0. The van der Waals surface area contributed by atoms with Gasteiger partial charge in [-0.1, -0.05) is 32.0 Å². The van der Waals surface area contributed by atoms with E-state index in [1.54, 1.807) is 0 Å². The summed E-state index contributed by atoms with van der Waals surface area (Å²) in [4.78, 5) is 0. The molecular weight excluding hydrogens is 297 g/mol. The second-order valence-corrected chi connectivity index (χ2v) is 9.47. The first-order valence-corrected chi connectivity index (χ1v) is 9.66. The molecule has 1 aromatic rings. The van der Waals surface area contributed by atoms with Gasteiger partial charge < -0.3 is 9.31 Å². The van der Waals surface area contributed by atoms with Crippen LogP contribution in [0.3, 0.4) is 0 Å². The van der Waals surface area contributed by atoms with Gasteiger partial charge >= 0.3 is 7.12 Å². The summed E-state index contributed by atoms with van der Waals surface area (Å²) in [6.45, 7) is 11.9. The van der Waals surface area contributed by atoms with Crippen LogP contribution in [0.5, 0.6) is 0 Å². The minimum absolute atomic E-state index is 0.401. The van der Waals surface area contributed by atoms with Crippen molar-refractivity contribution in [1.82, 2.24) is 0 Å². The number of rotatable bonds is 4. The van der Waals surface area contributed by atoms with E-state index in [4.69, 9.17) is 9.31 Å². The van der Waals surface area contributed by atoms with Gasteiger partial charge in [-0.15, -0.1) is 0 Å². The van der Waals surface area contributed by atoms with Gasteiger partial charge in [0.05, 0.1) is 26.6 Å². The van der Waals surface area contributed by atoms with Crippen molar-refractivity contribution < 1.29 is 13.5 Å². The predicted molar refractivity (Wildman–Crippen MR) is 93.5 cm³/mol. The smallest absolute Gasteiger partial charge is 0.399 e. The summed E-state index contributed by atoms with van der Waals surface area (Å²) < 4.78 is 29.4. The Bertz CT molecular complexity index is 637. The molecule has 0 spiro atoms. The van der Waals surface area contributed by atoms with E-state index in [9.17, 15) is 4.21 Å². The number of nitrogens with zero attached hydrogens (tertiary/aromatic N) is 1.